The molecule has 3 rings (SSSR count). The molecule has 0 bridgehead atoms. The Labute approximate surface area is 121 Å². The van der Waals surface area contributed by atoms with E-state index in [-0.39, 0.29) is 11.9 Å². The van der Waals surface area contributed by atoms with Crippen LogP contribution in [0.4, 0.5) is 4.39 Å². The van der Waals surface area contributed by atoms with E-state index in [1.807, 2.05) is 12.2 Å². The number of benzene rings is 1. The Bertz CT molecular complexity index is 598. The number of hydrogen-bond acceptors (Lipinski definition) is 3. The van der Waals surface area contributed by atoms with Gasteiger partial charge in [0.05, 0.1) is 5.56 Å². The molecule has 1 aromatic carbocycles. The molecule has 5 heteroatoms. The van der Waals surface area contributed by atoms with Crippen molar-refractivity contribution in [1.29, 1.82) is 0 Å². The van der Waals surface area contributed by atoms with Gasteiger partial charge in [-0.25, -0.2) is 4.39 Å². The van der Waals surface area contributed by atoms with Crippen LogP contribution in [0.2, 0.25) is 0 Å². The molecular formula is C15H15ClFNO2. The molecule has 20 heavy (non-hydrogen) atoms. The number of rotatable bonds is 2. The van der Waals surface area contributed by atoms with Crippen molar-refractivity contribution in [3.05, 3.63) is 40.7 Å². The molecule has 0 amide bonds. The van der Waals surface area contributed by atoms with Crippen LogP contribution >= 0.6 is 11.6 Å². The lowest BCUT2D eigenvalue weighted by Crippen LogP contribution is -2.36. The van der Waals surface area contributed by atoms with Crippen molar-refractivity contribution < 1.29 is 13.9 Å². The number of fused-ring (bicyclic) bond motifs is 1. The fourth-order valence-corrected chi connectivity index (χ4v) is 2.64. The molecular weight excluding hydrogens is 281 g/mol. The summed E-state index contributed by atoms with van der Waals surface area (Å²) in [4.78, 5) is 0. The standard InChI is InChI=1S/C15H15ClFNO2/c16-11-4-2-1-3-10(11)14-12(17)5-6-13-15(14)20-9(7-18)8-19-13/h1,3,5-6,9H,2,4,7-8,18H2/t9-/m0/s1. The Morgan fingerprint density at radius 3 is 3.00 bits per heavy atom. The highest BCUT2D eigenvalue weighted by Crippen LogP contribution is 2.43. The SMILES string of the molecule is NC[C@H]1COc2ccc(F)c(C3=C(Cl)CCC=C3)c2O1. The summed E-state index contributed by atoms with van der Waals surface area (Å²) in [6.07, 6.45) is 5.11. The summed E-state index contributed by atoms with van der Waals surface area (Å²) in [6, 6.07) is 2.95. The average molecular weight is 296 g/mol. The molecule has 2 aliphatic rings. The first-order valence-corrected chi connectivity index (χ1v) is 6.96. The predicted molar refractivity (Wildman–Crippen MR) is 76.5 cm³/mol. The van der Waals surface area contributed by atoms with E-state index in [0.29, 0.717) is 47.2 Å². The minimum Gasteiger partial charge on any atom is -0.486 e. The normalized spacial score (nSPS) is 21.2. The maximum atomic E-state index is 14.3. The van der Waals surface area contributed by atoms with Gasteiger partial charge in [0.25, 0.3) is 0 Å². The Kier molecular flexibility index (Phi) is 3.68. The van der Waals surface area contributed by atoms with Gasteiger partial charge >= 0.3 is 0 Å². The molecule has 2 N–H and O–H groups in total. The maximum absolute atomic E-state index is 14.3. The van der Waals surface area contributed by atoms with Crippen LogP contribution in [0.3, 0.4) is 0 Å². The van der Waals surface area contributed by atoms with Gasteiger partial charge < -0.3 is 15.2 Å². The van der Waals surface area contributed by atoms with Crippen molar-refractivity contribution >= 4 is 17.2 Å². The van der Waals surface area contributed by atoms with Gasteiger partial charge in [0.15, 0.2) is 11.5 Å². The van der Waals surface area contributed by atoms with Gasteiger partial charge in [-0.3, -0.25) is 0 Å². The molecule has 1 aromatic rings. The number of halogens is 2. The zero-order chi connectivity index (χ0) is 14.1. The molecule has 106 valence electrons. The molecule has 0 spiro atoms. The van der Waals surface area contributed by atoms with Crippen LogP contribution in [0, 0.1) is 5.82 Å². The monoisotopic (exact) mass is 295 g/mol. The smallest absolute Gasteiger partial charge is 0.172 e. The third-order valence-electron chi connectivity index (χ3n) is 3.42. The maximum Gasteiger partial charge on any atom is 0.172 e. The Morgan fingerprint density at radius 1 is 1.40 bits per heavy atom. The van der Waals surface area contributed by atoms with Gasteiger partial charge in [-0.2, -0.15) is 0 Å². The van der Waals surface area contributed by atoms with Crippen LogP contribution in [0.25, 0.3) is 5.57 Å². The Morgan fingerprint density at radius 2 is 2.25 bits per heavy atom. The topological polar surface area (TPSA) is 44.5 Å². The van der Waals surface area contributed by atoms with E-state index in [1.54, 1.807) is 6.07 Å². The summed E-state index contributed by atoms with van der Waals surface area (Å²) in [6.45, 7) is 0.690. The number of allylic oxidation sites excluding steroid dienone is 4. The third kappa shape index (κ3) is 2.30. The van der Waals surface area contributed by atoms with Crippen LogP contribution < -0.4 is 15.2 Å². The summed E-state index contributed by atoms with van der Waals surface area (Å²) in [5.74, 6) is 0.554. The summed E-state index contributed by atoms with van der Waals surface area (Å²) >= 11 is 6.24. The summed E-state index contributed by atoms with van der Waals surface area (Å²) in [5, 5.41) is 0.637. The van der Waals surface area contributed by atoms with E-state index < -0.39 is 0 Å². The number of ether oxygens (including phenoxy) is 2. The first-order valence-electron chi connectivity index (χ1n) is 6.58. The third-order valence-corrected chi connectivity index (χ3v) is 3.81. The largest absolute Gasteiger partial charge is 0.486 e. The van der Waals surface area contributed by atoms with Crippen molar-refractivity contribution in [2.45, 2.75) is 18.9 Å². The number of hydrogen-bond donors (Lipinski definition) is 1. The molecule has 1 heterocycles. The Hall–Kier alpha value is -1.52. The summed E-state index contributed by atoms with van der Waals surface area (Å²) < 4.78 is 25.6. The van der Waals surface area contributed by atoms with E-state index >= 15 is 0 Å². The summed E-state index contributed by atoms with van der Waals surface area (Å²) in [7, 11) is 0. The molecule has 1 aliphatic heterocycles. The number of nitrogens with two attached hydrogens (primary N) is 1. The second kappa shape index (κ2) is 5.46. The Balaban J connectivity index is 2.13. The van der Waals surface area contributed by atoms with Crippen LogP contribution in [0.15, 0.2) is 29.3 Å². The van der Waals surface area contributed by atoms with Crippen LogP contribution in [-0.4, -0.2) is 19.3 Å². The highest BCUT2D eigenvalue weighted by atomic mass is 35.5. The highest BCUT2D eigenvalue weighted by molar-refractivity contribution is 6.33. The van der Waals surface area contributed by atoms with Crippen molar-refractivity contribution in [3.8, 4) is 11.5 Å². The van der Waals surface area contributed by atoms with E-state index in [0.717, 1.165) is 6.42 Å². The lowest BCUT2D eigenvalue weighted by Gasteiger charge is -2.28. The average Bonchev–Trinajstić information content (AvgIpc) is 2.48. The fraction of sp³-hybridized carbons (Fsp3) is 0.333. The van der Waals surface area contributed by atoms with Gasteiger partial charge in [0.2, 0.25) is 0 Å². The zero-order valence-electron chi connectivity index (χ0n) is 10.9. The molecule has 0 fully saturated rings. The van der Waals surface area contributed by atoms with Gasteiger partial charge in [-0.1, -0.05) is 23.8 Å². The van der Waals surface area contributed by atoms with Gasteiger partial charge in [-0.05, 0) is 25.0 Å². The lowest BCUT2D eigenvalue weighted by molar-refractivity contribution is 0.0959. The first-order chi connectivity index (χ1) is 9.70. The molecule has 0 aromatic heterocycles. The van der Waals surface area contributed by atoms with Gasteiger partial charge in [0, 0.05) is 17.2 Å². The van der Waals surface area contributed by atoms with Crippen LogP contribution in [0.1, 0.15) is 18.4 Å². The molecule has 0 unspecified atom stereocenters. The fourth-order valence-electron chi connectivity index (χ4n) is 2.38. The molecule has 1 aliphatic carbocycles. The van der Waals surface area contributed by atoms with E-state index in [2.05, 4.69) is 0 Å². The van der Waals surface area contributed by atoms with E-state index in [1.165, 1.54) is 6.07 Å². The van der Waals surface area contributed by atoms with Crippen molar-refractivity contribution in [2.24, 2.45) is 5.73 Å². The summed E-state index contributed by atoms with van der Waals surface area (Å²) in [5.41, 5.74) is 6.63. The minimum absolute atomic E-state index is 0.269. The van der Waals surface area contributed by atoms with E-state index in [9.17, 15) is 4.39 Å². The minimum atomic E-state index is -0.371. The molecule has 1 atom stereocenters. The molecule has 3 nitrogen and oxygen atoms in total. The zero-order valence-corrected chi connectivity index (χ0v) is 11.6. The van der Waals surface area contributed by atoms with Crippen LogP contribution in [-0.2, 0) is 0 Å². The molecule has 0 saturated carbocycles. The second-order valence-electron chi connectivity index (χ2n) is 4.80. The molecule has 0 radical (unpaired) electrons. The van der Waals surface area contributed by atoms with Crippen LogP contribution in [0.5, 0.6) is 11.5 Å². The van der Waals surface area contributed by atoms with E-state index in [4.69, 9.17) is 26.8 Å². The lowest BCUT2D eigenvalue weighted by atomic mass is 9.97. The predicted octanol–water partition coefficient (Wildman–Crippen LogP) is 3.22. The van der Waals surface area contributed by atoms with Crippen molar-refractivity contribution in [3.63, 3.8) is 0 Å². The van der Waals surface area contributed by atoms with Crippen molar-refractivity contribution in [2.75, 3.05) is 13.2 Å². The molecule has 0 saturated heterocycles. The van der Waals surface area contributed by atoms with Gasteiger partial charge in [0.1, 0.15) is 18.5 Å². The second-order valence-corrected chi connectivity index (χ2v) is 5.25. The quantitative estimate of drug-likeness (QED) is 0.911. The van der Waals surface area contributed by atoms with Gasteiger partial charge in [-0.15, -0.1) is 0 Å². The van der Waals surface area contributed by atoms with Crippen molar-refractivity contribution in [1.82, 2.24) is 0 Å². The first kappa shape index (κ1) is 13.5. The highest BCUT2D eigenvalue weighted by Gasteiger charge is 2.27.